The summed E-state index contributed by atoms with van der Waals surface area (Å²) in [5, 5.41) is 0. The van der Waals surface area contributed by atoms with Gasteiger partial charge in [-0.2, -0.15) is 12.7 Å². The minimum atomic E-state index is -3.17. The van der Waals surface area contributed by atoms with E-state index in [1.54, 1.807) is 7.05 Å². The summed E-state index contributed by atoms with van der Waals surface area (Å²) in [6.07, 6.45) is 1.33. The van der Waals surface area contributed by atoms with Crippen molar-refractivity contribution in [1.29, 1.82) is 0 Å². The summed E-state index contributed by atoms with van der Waals surface area (Å²) >= 11 is 0. The van der Waals surface area contributed by atoms with Crippen LogP contribution >= 0.6 is 0 Å². The molecule has 58 valence electrons. The van der Waals surface area contributed by atoms with E-state index in [4.69, 9.17) is 0 Å². The van der Waals surface area contributed by atoms with Gasteiger partial charge in [0.15, 0.2) is 0 Å². The third-order valence-corrected chi connectivity index (χ3v) is 3.42. The molecular weight excluding hydrogens is 152 g/mol. The molecule has 0 bridgehead atoms. The zero-order chi connectivity index (χ0) is 7.78. The van der Waals surface area contributed by atoms with Crippen molar-refractivity contribution in [2.75, 3.05) is 20.1 Å². The van der Waals surface area contributed by atoms with Crippen molar-refractivity contribution in [3.05, 3.63) is 12.8 Å². The molecule has 1 fully saturated rings. The molecule has 0 aromatic heterocycles. The van der Waals surface area contributed by atoms with Crippen molar-refractivity contribution in [3.63, 3.8) is 0 Å². The summed E-state index contributed by atoms with van der Waals surface area (Å²) < 4.78 is 24.7. The topological polar surface area (TPSA) is 40.6 Å². The van der Waals surface area contributed by atoms with Crippen LogP contribution in [0.2, 0.25) is 0 Å². The van der Waals surface area contributed by atoms with Crippen LogP contribution in [0.25, 0.3) is 0 Å². The minimum absolute atomic E-state index is 0.516. The SMILES string of the molecule is C=CN1CCN(C)S1(=O)=O. The molecule has 4 nitrogen and oxygen atoms in total. The molecule has 5 heteroatoms. The molecule has 0 aromatic rings. The fraction of sp³-hybridized carbons (Fsp3) is 0.600. The van der Waals surface area contributed by atoms with Crippen LogP contribution in [0.4, 0.5) is 0 Å². The molecular formula is C5H10N2O2S. The lowest BCUT2D eigenvalue weighted by atomic mass is 10.6. The van der Waals surface area contributed by atoms with Gasteiger partial charge in [-0.3, -0.25) is 4.31 Å². The van der Waals surface area contributed by atoms with Gasteiger partial charge in [0.1, 0.15) is 0 Å². The predicted molar refractivity (Wildman–Crippen MR) is 38.5 cm³/mol. The van der Waals surface area contributed by atoms with E-state index in [9.17, 15) is 8.42 Å². The molecule has 0 N–H and O–H groups in total. The molecule has 1 aliphatic heterocycles. The lowest BCUT2D eigenvalue weighted by molar-refractivity contribution is 0.503. The Balaban J connectivity index is 2.95. The average molecular weight is 162 g/mol. The maximum absolute atomic E-state index is 11.1. The van der Waals surface area contributed by atoms with Gasteiger partial charge in [0.05, 0.1) is 0 Å². The zero-order valence-corrected chi connectivity index (χ0v) is 6.63. The van der Waals surface area contributed by atoms with Crippen LogP contribution in [0.1, 0.15) is 0 Å². The summed E-state index contributed by atoms with van der Waals surface area (Å²) in [4.78, 5) is 0. The van der Waals surface area contributed by atoms with Crippen molar-refractivity contribution in [2.45, 2.75) is 0 Å². The molecule has 1 saturated heterocycles. The molecule has 0 spiro atoms. The van der Waals surface area contributed by atoms with Crippen molar-refractivity contribution in [1.82, 2.24) is 8.61 Å². The standard InChI is InChI=1S/C5H10N2O2S/c1-3-7-5-4-6(2)10(7,8)9/h3H,1,4-5H2,2H3. The van der Waals surface area contributed by atoms with Crippen LogP contribution in [-0.2, 0) is 10.2 Å². The van der Waals surface area contributed by atoms with Gasteiger partial charge in [0, 0.05) is 26.3 Å². The van der Waals surface area contributed by atoms with Gasteiger partial charge in [-0.1, -0.05) is 6.58 Å². The Labute approximate surface area is 60.9 Å². The fourth-order valence-corrected chi connectivity index (χ4v) is 2.01. The molecule has 1 aliphatic rings. The highest BCUT2D eigenvalue weighted by molar-refractivity contribution is 7.87. The van der Waals surface area contributed by atoms with E-state index < -0.39 is 10.2 Å². The highest BCUT2D eigenvalue weighted by Gasteiger charge is 2.30. The summed E-state index contributed by atoms with van der Waals surface area (Å²) in [7, 11) is -1.61. The molecule has 1 heterocycles. The van der Waals surface area contributed by atoms with Gasteiger partial charge in [-0.05, 0) is 0 Å². The van der Waals surface area contributed by atoms with Crippen LogP contribution in [0.15, 0.2) is 12.8 Å². The third-order valence-electron chi connectivity index (χ3n) is 1.53. The van der Waals surface area contributed by atoms with E-state index in [1.807, 2.05) is 0 Å². The second-order valence-electron chi connectivity index (χ2n) is 2.12. The van der Waals surface area contributed by atoms with Crippen LogP contribution in [0.3, 0.4) is 0 Å². The second kappa shape index (κ2) is 2.25. The highest BCUT2D eigenvalue weighted by atomic mass is 32.2. The lowest BCUT2D eigenvalue weighted by Gasteiger charge is -2.11. The maximum atomic E-state index is 11.1. The Bertz CT molecular complexity index is 234. The third kappa shape index (κ3) is 0.911. The van der Waals surface area contributed by atoms with E-state index in [1.165, 1.54) is 14.8 Å². The van der Waals surface area contributed by atoms with Crippen LogP contribution in [0, 0.1) is 0 Å². The Kier molecular flexibility index (Phi) is 1.70. The first-order valence-corrected chi connectivity index (χ1v) is 4.34. The van der Waals surface area contributed by atoms with Crippen LogP contribution in [0.5, 0.6) is 0 Å². The molecule has 0 aromatic carbocycles. The average Bonchev–Trinajstić information content (AvgIpc) is 2.10. The number of hydrogen-bond donors (Lipinski definition) is 0. The molecule has 10 heavy (non-hydrogen) atoms. The maximum Gasteiger partial charge on any atom is 0.303 e. The summed E-state index contributed by atoms with van der Waals surface area (Å²) in [5.41, 5.74) is 0. The van der Waals surface area contributed by atoms with Gasteiger partial charge in [0.2, 0.25) is 0 Å². The van der Waals surface area contributed by atoms with E-state index in [0.29, 0.717) is 13.1 Å². The summed E-state index contributed by atoms with van der Waals surface area (Å²) in [6.45, 7) is 4.46. The van der Waals surface area contributed by atoms with E-state index in [-0.39, 0.29) is 0 Å². The first-order chi connectivity index (χ1) is 4.59. The van der Waals surface area contributed by atoms with E-state index >= 15 is 0 Å². The number of likely N-dealkylation sites (N-methyl/N-ethyl adjacent to an activating group) is 1. The highest BCUT2D eigenvalue weighted by Crippen LogP contribution is 2.12. The summed E-state index contributed by atoms with van der Waals surface area (Å²) in [6, 6.07) is 0. The Hall–Kier alpha value is -0.550. The molecule has 0 atom stereocenters. The van der Waals surface area contributed by atoms with Crippen LogP contribution in [-0.4, -0.2) is 37.2 Å². The molecule has 0 aliphatic carbocycles. The Morgan fingerprint density at radius 1 is 1.50 bits per heavy atom. The normalized spacial score (nSPS) is 25.1. The number of nitrogens with zero attached hydrogens (tertiary/aromatic N) is 2. The first-order valence-electron chi connectivity index (χ1n) is 2.94. The van der Waals surface area contributed by atoms with Crippen molar-refractivity contribution >= 4 is 10.2 Å². The van der Waals surface area contributed by atoms with Gasteiger partial charge in [-0.25, -0.2) is 0 Å². The Morgan fingerprint density at radius 2 is 2.10 bits per heavy atom. The molecule has 0 radical (unpaired) electrons. The van der Waals surface area contributed by atoms with Crippen molar-refractivity contribution < 1.29 is 8.42 Å². The monoisotopic (exact) mass is 162 g/mol. The van der Waals surface area contributed by atoms with Crippen molar-refractivity contribution in [2.24, 2.45) is 0 Å². The minimum Gasteiger partial charge on any atom is -0.264 e. The quantitative estimate of drug-likeness (QED) is 0.527. The van der Waals surface area contributed by atoms with Crippen molar-refractivity contribution in [3.8, 4) is 0 Å². The van der Waals surface area contributed by atoms with E-state index in [2.05, 4.69) is 6.58 Å². The van der Waals surface area contributed by atoms with Gasteiger partial charge in [0.25, 0.3) is 0 Å². The molecule has 0 unspecified atom stereocenters. The van der Waals surface area contributed by atoms with Gasteiger partial charge in [-0.15, -0.1) is 0 Å². The largest absolute Gasteiger partial charge is 0.303 e. The summed E-state index contributed by atoms with van der Waals surface area (Å²) in [5.74, 6) is 0. The van der Waals surface area contributed by atoms with E-state index in [0.717, 1.165) is 0 Å². The smallest absolute Gasteiger partial charge is 0.264 e. The molecule has 0 saturated carbocycles. The molecule has 0 amide bonds. The number of hydrogen-bond acceptors (Lipinski definition) is 2. The van der Waals surface area contributed by atoms with Gasteiger partial charge >= 0.3 is 10.2 Å². The van der Waals surface area contributed by atoms with Gasteiger partial charge < -0.3 is 0 Å². The fourth-order valence-electron chi connectivity index (χ4n) is 0.835. The van der Waals surface area contributed by atoms with Crippen LogP contribution < -0.4 is 0 Å². The second-order valence-corrected chi connectivity index (χ2v) is 4.11. The Morgan fingerprint density at radius 3 is 2.30 bits per heavy atom. The molecule has 1 rings (SSSR count). The lowest BCUT2D eigenvalue weighted by Crippen LogP contribution is -2.26. The number of rotatable bonds is 1. The first kappa shape index (κ1) is 7.56. The predicted octanol–water partition coefficient (Wildman–Crippen LogP) is -0.378. The zero-order valence-electron chi connectivity index (χ0n) is 5.82.